The number of piperazine rings is 1. The molecule has 1 saturated heterocycles. The fraction of sp³-hybridized carbons (Fsp3) is 0.444. The maximum absolute atomic E-state index is 10.8. The van der Waals surface area contributed by atoms with Gasteiger partial charge >= 0.3 is 0 Å². The quantitative estimate of drug-likeness (QED) is 0.706. The van der Waals surface area contributed by atoms with Crippen molar-refractivity contribution in [3.8, 4) is 5.88 Å². The summed E-state index contributed by atoms with van der Waals surface area (Å²) in [5.41, 5.74) is 1.15. The monoisotopic (exact) mass is 373 g/mol. The lowest BCUT2D eigenvalue weighted by atomic mass is 10.0. The van der Waals surface area contributed by atoms with E-state index in [2.05, 4.69) is 32.0 Å². The first kappa shape index (κ1) is 17.4. The minimum Gasteiger partial charge on any atom is -0.492 e. The topological polar surface area (TPSA) is 77.1 Å². The average Bonchev–Trinajstić information content (AvgIpc) is 3.16. The van der Waals surface area contributed by atoms with E-state index in [-0.39, 0.29) is 18.5 Å². The minimum absolute atomic E-state index is 0.0266. The summed E-state index contributed by atoms with van der Waals surface area (Å²) in [7, 11) is 0. The van der Waals surface area contributed by atoms with Crippen molar-refractivity contribution in [3.05, 3.63) is 46.6 Å². The third-order valence-electron chi connectivity index (χ3n) is 4.86. The molecule has 2 aromatic heterocycles. The largest absolute Gasteiger partial charge is 0.492 e. The van der Waals surface area contributed by atoms with Crippen molar-refractivity contribution in [3.63, 3.8) is 0 Å². The molecule has 1 fully saturated rings. The summed E-state index contributed by atoms with van der Waals surface area (Å²) in [4.78, 5) is 10.7. The molecule has 1 aromatic carbocycles. The van der Waals surface area contributed by atoms with E-state index in [0.29, 0.717) is 12.4 Å². The lowest BCUT2D eigenvalue weighted by molar-refractivity contribution is 0.0945. The molecule has 2 N–H and O–H groups in total. The van der Waals surface area contributed by atoms with Crippen molar-refractivity contribution in [1.82, 2.24) is 24.4 Å². The highest BCUT2D eigenvalue weighted by Gasteiger charge is 2.31. The van der Waals surface area contributed by atoms with Crippen LogP contribution >= 0.6 is 11.3 Å². The maximum Gasteiger partial charge on any atom is 0.230 e. The summed E-state index contributed by atoms with van der Waals surface area (Å²) in [6, 6.07) is 10.2. The molecule has 8 heteroatoms. The molecular formula is C18H23N5O2S. The maximum atomic E-state index is 10.8. The Kier molecular flexibility index (Phi) is 4.90. The van der Waals surface area contributed by atoms with Crippen LogP contribution < -0.4 is 0 Å². The Labute approximate surface area is 156 Å². The Bertz CT molecular complexity index is 870. The van der Waals surface area contributed by atoms with E-state index < -0.39 is 0 Å². The molecular weight excluding hydrogens is 350 g/mol. The summed E-state index contributed by atoms with van der Waals surface area (Å²) in [5, 5.41) is 24.3. The number of aromatic nitrogens is 3. The minimum atomic E-state index is -0.0266. The Balaban J connectivity index is 1.69. The van der Waals surface area contributed by atoms with Gasteiger partial charge in [0, 0.05) is 32.7 Å². The fourth-order valence-electron chi connectivity index (χ4n) is 3.58. The van der Waals surface area contributed by atoms with Crippen LogP contribution in [0.5, 0.6) is 5.88 Å². The number of β-amino-alcohol motifs (C(OH)–C–C–N with tert-alkyl or cyclic N) is 1. The number of aliphatic hydroxyl groups excluding tert-OH is 1. The van der Waals surface area contributed by atoms with Crippen molar-refractivity contribution in [2.75, 3.05) is 39.3 Å². The van der Waals surface area contributed by atoms with E-state index in [4.69, 9.17) is 5.11 Å². The Morgan fingerprint density at radius 1 is 1.15 bits per heavy atom. The van der Waals surface area contributed by atoms with E-state index >= 15 is 0 Å². The van der Waals surface area contributed by atoms with Crippen LogP contribution in [0.1, 0.15) is 22.3 Å². The molecule has 1 aliphatic rings. The number of thiazole rings is 1. The van der Waals surface area contributed by atoms with Crippen LogP contribution in [0.15, 0.2) is 30.3 Å². The van der Waals surface area contributed by atoms with Gasteiger partial charge in [0.15, 0.2) is 0 Å². The summed E-state index contributed by atoms with van der Waals surface area (Å²) in [6.07, 6.45) is 0. The number of benzene rings is 1. The second-order valence-corrected chi connectivity index (χ2v) is 7.57. The van der Waals surface area contributed by atoms with Crippen LogP contribution in [-0.4, -0.2) is 73.9 Å². The molecule has 4 rings (SSSR count). The van der Waals surface area contributed by atoms with Gasteiger partial charge in [0.05, 0.1) is 17.5 Å². The van der Waals surface area contributed by atoms with Crippen molar-refractivity contribution in [1.29, 1.82) is 0 Å². The zero-order valence-electron chi connectivity index (χ0n) is 14.7. The van der Waals surface area contributed by atoms with E-state index in [1.165, 1.54) is 15.9 Å². The highest BCUT2D eigenvalue weighted by Crippen LogP contribution is 2.40. The molecule has 1 atom stereocenters. The summed E-state index contributed by atoms with van der Waals surface area (Å²) >= 11 is 1.50. The van der Waals surface area contributed by atoms with Gasteiger partial charge in [0.1, 0.15) is 5.82 Å². The zero-order valence-corrected chi connectivity index (χ0v) is 15.6. The third kappa shape index (κ3) is 3.21. The van der Waals surface area contributed by atoms with Crippen molar-refractivity contribution in [2.45, 2.75) is 13.0 Å². The molecule has 26 heavy (non-hydrogen) atoms. The first-order valence-corrected chi connectivity index (χ1v) is 9.66. The Morgan fingerprint density at radius 2 is 1.88 bits per heavy atom. The Hall–Kier alpha value is -2.00. The molecule has 0 unspecified atom stereocenters. The van der Waals surface area contributed by atoms with E-state index in [1.54, 1.807) is 0 Å². The molecule has 1 aliphatic heterocycles. The fourth-order valence-corrected chi connectivity index (χ4v) is 4.74. The molecule has 0 bridgehead atoms. The molecule has 138 valence electrons. The van der Waals surface area contributed by atoms with Crippen molar-refractivity contribution in [2.24, 2.45) is 0 Å². The number of hydrogen-bond donors (Lipinski definition) is 2. The molecule has 3 heterocycles. The van der Waals surface area contributed by atoms with Gasteiger partial charge in [-0.05, 0) is 12.5 Å². The molecule has 0 spiro atoms. The number of aromatic hydroxyl groups is 1. The molecule has 0 amide bonds. The van der Waals surface area contributed by atoms with E-state index in [0.717, 1.165) is 41.6 Å². The normalized spacial score (nSPS) is 17.8. The number of aryl methyl sites for hydroxylation is 1. The smallest absolute Gasteiger partial charge is 0.230 e. The lowest BCUT2D eigenvalue weighted by Gasteiger charge is -2.39. The summed E-state index contributed by atoms with van der Waals surface area (Å²) in [6.45, 7) is 6.31. The summed E-state index contributed by atoms with van der Waals surface area (Å²) in [5.74, 6) is 0.837. The first-order chi connectivity index (χ1) is 12.7. The van der Waals surface area contributed by atoms with Gasteiger partial charge in [-0.2, -0.15) is 4.52 Å². The second kappa shape index (κ2) is 7.32. The number of fused-ring (bicyclic) bond motifs is 1. The van der Waals surface area contributed by atoms with Gasteiger partial charge in [-0.3, -0.25) is 9.80 Å². The van der Waals surface area contributed by atoms with Crippen LogP contribution in [-0.2, 0) is 0 Å². The second-order valence-electron chi connectivity index (χ2n) is 6.56. The van der Waals surface area contributed by atoms with Crippen LogP contribution in [0.4, 0.5) is 0 Å². The van der Waals surface area contributed by atoms with Gasteiger partial charge in [-0.25, -0.2) is 4.98 Å². The van der Waals surface area contributed by atoms with E-state index in [9.17, 15) is 5.11 Å². The highest BCUT2D eigenvalue weighted by atomic mass is 32.1. The van der Waals surface area contributed by atoms with Crippen LogP contribution in [0.25, 0.3) is 4.96 Å². The van der Waals surface area contributed by atoms with Crippen molar-refractivity contribution < 1.29 is 10.2 Å². The predicted octanol–water partition coefficient (Wildman–Crippen LogP) is 1.50. The summed E-state index contributed by atoms with van der Waals surface area (Å²) < 4.78 is 1.54. The molecule has 7 nitrogen and oxygen atoms in total. The number of nitrogens with zero attached hydrogens (tertiary/aromatic N) is 5. The van der Waals surface area contributed by atoms with Gasteiger partial charge in [-0.15, -0.1) is 5.10 Å². The third-order valence-corrected chi connectivity index (χ3v) is 5.93. The zero-order chi connectivity index (χ0) is 18.1. The number of aliphatic hydroxyl groups is 1. The van der Waals surface area contributed by atoms with Crippen LogP contribution in [0.2, 0.25) is 0 Å². The van der Waals surface area contributed by atoms with E-state index in [1.807, 2.05) is 25.1 Å². The molecule has 0 aliphatic carbocycles. The van der Waals surface area contributed by atoms with Crippen molar-refractivity contribution >= 4 is 16.3 Å². The highest BCUT2D eigenvalue weighted by molar-refractivity contribution is 7.17. The molecule has 0 radical (unpaired) electrons. The van der Waals surface area contributed by atoms with Gasteiger partial charge < -0.3 is 10.2 Å². The van der Waals surface area contributed by atoms with Gasteiger partial charge in [0.25, 0.3) is 0 Å². The van der Waals surface area contributed by atoms with Crippen LogP contribution in [0, 0.1) is 6.92 Å². The van der Waals surface area contributed by atoms with Gasteiger partial charge in [0.2, 0.25) is 10.8 Å². The predicted molar refractivity (Wildman–Crippen MR) is 101 cm³/mol. The van der Waals surface area contributed by atoms with Crippen LogP contribution in [0.3, 0.4) is 0 Å². The first-order valence-electron chi connectivity index (χ1n) is 8.84. The lowest BCUT2D eigenvalue weighted by Crippen LogP contribution is -2.48. The molecule has 0 saturated carbocycles. The Morgan fingerprint density at radius 3 is 2.54 bits per heavy atom. The average molecular weight is 373 g/mol. The number of rotatable bonds is 5. The molecule has 3 aromatic rings. The SMILES string of the molecule is Cc1nc2sc([C@@H](c3ccccc3)N3CCN(CCO)CC3)c(O)n2n1. The number of hydrogen-bond acceptors (Lipinski definition) is 7. The standard InChI is InChI=1S/C18H23N5O2S/c1-13-19-18-23(20-13)17(25)16(26-18)15(14-5-3-2-4-6-14)22-9-7-21(8-10-22)11-12-24/h2-6,15,24-25H,7-12H2,1H3/t15-/m1/s1. The van der Waals surface area contributed by atoms with Gasteiger partial charge in [-0.1, -0.05) is 41.7 Å².